The zero-order valence-corrected chi connectivity index (χ0v) is 12.5. The Bertz CT molecular complexity index is 500. The van der Waals surface area contributed by atoms with Gasteiger partial charge in [-0.3, -0.25) is 0 Å². The Morgan fingerprint density at radius 3 is 2.57 bits per heavy atom. The topological polar surface area (TPSA) is 58.8 Å². The monoisotopic (exact) mass is 295 g/mol. The van der Waals surface area contributed by atoms with Crippen molar-refractivity contribution in [3.8, 4) is 0 Å². The molecular formula is C15H22FN3O2. The number of rotatable bonds is 3. The van der Waals surface area contributed by atoms with Crippen molar-refractivity contribution in [3.63, 3.8) is 0 Å². The number of halogens is 1. The first-order chi connectivity index (χ1) is 10.0. The van der Waals surface area contributed by atoms with Crippen molar-refractivity contribution in [1.29, 1.82) is 0 Å². The predicted molar refractivity (Wildman–Crippen MR) is 79.8 cm³/mol. The van der Waals surface area contributed by atoms with Gasteiger partial charge in [0.25, 0.3) is 0 Å². The number of ether oxygens (including phenoxy) is 1. The van der Waals surface area contributed by atoms with Gasteiger partial charge in [0, 0.05) is 32.2 Å². The lowest BCUT2D eigenvalue weighted by molar-refractivity contribution is 0.105. The number of piperazine rings is 1. The van der Waals surface area contributed by atoms with Crippen LogP contribution in [-0.2, 0) is 4.74 Å². The highest BCUT2D eigenvalue weighted by Crippen LogP contribution is 2.24. The Morgan fingerprint density at radius 1 is 1.38 bits per heavy atom. The standard InChI is InChI=1S/C15H22FN3O2/c1-3-21-15(20)19-8-6-18(7-9-19)14-5-4-12(11(2)17)10-13(14)16/h4-5,10-11H,3,6-9,17H2,1-2H3/t11-/m1/s1. The van der Waals surface area contributed by atoms with E-state index in [4.69, 9.17) is 10.5 Å². The van der Waals surface area contributed by atoms with Crippen LogP contribution in [0, 0.1) is 5.82 Å². The number of amides is 1. The number of nitrogens with two attached hydrogens (primary N) is 1. The molecule has 2 rings (SSSR count). The van der Waals surface area contributed by atoms with Gasteiger partial charge in [-0.2, -0.15) is 0 Å². The number of benzene rings is 1. The van der Waals surface area contributed by atoms with Crippen molar-refractivity contribution >= 4 is 11.8 Å². The molecule has 0 spiro atoms. The van der Waals surface area contributed by atoms with E-state index in [1.165, 1.54) is 6.07 Å². The first kappa shape index (κ1) is 15.6. The fourth-order valence-electron chi connectivity index (χ4n) is 2.41. The van der Waals surface area contributed by atoms with E-state index < -0.39 is 0 Å². The Morgan fingerprint density at radius 2 is 2.05 bits per heavy atom. The summed E-state index contributed by atoms with van der Waals surface area (Å²) in [6.07, 6.45) is -0.301. The van der Waals surface area contributed by atoms with Crippen molar-refractivity contribution < 1.29 is 13.9 Å². The van der Waals surface area contributed by atoms with Gasteiger partial charge in [0.15, 0.2) is 0 Å². The number of nitrogens with zero attached hydrogens (tertiary/aromatic N) is 2. The zero-order valence-electron chi connectivity index (χ0n) is 12.5. The molecule has 1 aliphatic rings. The summed E-state index contributed by atoms with van der Waals surface area (Å²) in [5.74, 6) is -0.269. The predicted octanol–water partition coefficient (Wildman–Crippen LogP) is 2.12. The summed E-state index contributed by atoms with van der Waals surface area (Å²) >= 11 is 0. The van der Waals surface area contributed by atoms with Gasteiger partial charge in [-0.15, -0.1) is 0 Å². The molecule has 1 atom stereocenters. The highest BCUT2D eigenvalue weighted by atomic mass is 19.1. The number of carbonyl (C=O) groups is 1. The molecule has 1 saturated heterocycles. The Balaban J connectivity index is 2.01. The fourth-order valence-corrected chi connectivity index (χ4v) is 2.41. The SMILES string of the molecule is CCOC(=O)N1CCN(c2ccc([C@@H](C)N)cc2F)CC1. The highest BCUT2D eigenvalue weighted by Gasteiger charge is 2.23. The average Bonchev–Trinajstić information content (AvgIpc) is 2.47. The lowest BCUT2D eigenvalue weighted by atomic mass is 10.1. The van der Waals surface area contributed by atoms with E-state index in [9.17, 15) is 9.18 Å². The minimum Gasteiger partial charge on any atom is -0.450 e. The van der Waals surface area contributed by atoms with Crippen LogP contribution < -0.4 is 10.6 Å². The van der Waals surface area contributed by atoms with E-state index >= 15 is 0 Å². The molecule has 1 amide bonds. The largest absolute Gasteiger partial charge is 0.450 e. The zero-order chi connectivity index (χ0) is 15.4. The molecule has 1 aromatic carbocycles. The van der Waals surface area contributed by atoms with Gasteiger partial charge in [-0.25, -0.2) is 9.18 Å². The first-order valence-corrected chi connectivity index (χ1v) is 7.24. The summed E-state index contributed by atoms with van der Waals surface area (Å²) in [7, 11) is 0. The second kappa shape index (κ2) is 6.76. The van der Waals surface area contributed by atoms with E-state index in [2.05, 4.69) is 0 Å². The molecule has 2 N–H and O–H groups in total. The average molecular weight is 295 g/mol. The lowest BCUT2D eigenvalue weighted by Crippen LogP contribution is -2.49. The van der Waals surface area contributed by atoms with Gasteiger partial charge < -0.3 is 20.3 Å². The van der Waals surface area contributed by atoms with Crippen molar-refractivity contribution in [2.24, 2.45) is 5.73 Å². The number of carbonyl (C=O) groups excluding carboxylic acids is 1. The third-order valence-corrected chi connectivity index (χ3v) is 3.64. The van der Waals surface area contributed by atoms with Crippen LogP contribution in [0.25, 0.3) is 0 Å². The molecule has 21 heavy (non-hydrogen) atoms. The highest BCUT2D eigenvalue weighted by molar-refractivity contribution is 5.68. The van der Waals surface area contributed by atoms with E-state index in [-0.39, 0.29) is 18.0 Å². The molecule has 5 nitrogen and oxygen atoms in total. The van der Waals surface area contributed by atoms with Crippen LogP contribution in [0.15, 0.2) is 18.2 Å². The maximum atomic E-state index is 14.2. The summed E-state index contributed by atoms with van der Waals surface area (Å²) in [5, 5.41) is 0. The summed E-state index contributed by atoms with van der Waals surface area (Å²) in [6, 6.07) is 4.90. The summed E-state index contributed by atoms with van der Waals surface area (Å²) < 4.78 is 19.1. The van der Waals surface area contributed by atoms with Gasteiger partial charge in [0.1, 0.15) is 5.82 Å². The van der Waals surface area contributed by atoms with Crippen LogP contribution >= 0.6 is 0 Å². The number of hydrogen-bond acceptors (Lipinski definition) is 4. The molecule has 1 heterocycles. The van der Waals surface area contributed by atoms with Gasteiger partial charge >= 0.3 is 6.09 Å². The fraction of sp³-hybridized carbons (Fsp3) is 0.533. The molecule has 1 fully saturated rings. The first-order valence-electron chi connectivity index (χ1n) is 7.24. The third kappa shape index (κ3) is 3.64. The van der Waals surface area contributed by atoms with Gasteiger partial charge in [-0.1, -0.05) is 6.07 Å². The molecule has 0 saturated carbocycles. The molecule has 6 heteroatoms. The van der Waals surface area contributed by atoms with Gasteiger partial charge in [-0.05, 0) is 31.5 Å². The Labute approximate surface area is 124 Å². The summed E-state index contributed by atoms with van der Waals surface area (Å²) in [4.78, 5) is 15.2. The van der Waals surface area contributed by atoms with Crippen LogP contribution in [0.3, 0.4) is 0 Å². The van der Waals surface area contributed by atoms with Gasteiger partial charge in [0.05, 0.1) is 12.3 Å². The van der Waals surface area contributed by atoms with E-state index in [1.54, 1.807) is 17.9 Å². The van der Waals surface area contributed by atoms with Crippen LogP contribution in [-0.4, -0.2) is 43.8 Å². The molecule has 116 valence electrons. The molecule has 1 aliphatic heterocycles. The third-order valence-electron chi connectivity index (χ3n) is 3.64. The van der Waals surface area contributed by atoms with Crippen molar-refractivity contribution in [1.82, 2.24) is 4.90 Å². The molecule has 0 aromatic heterocycles. The van der Waals surface area contributed by atoms with Crippen molar-refractivity contribution in [3.05, 3.63) is 29.6 Å². The second-order valence-corrected chi connectivity index (χ2v) is 5.17. The molecule has 1 aromatic rings. The molecule has 0 aliphatic carbocycles. The van der Waals surface area contributed by atoms with Gasteiger partial charge in [0.2, 0.25) is 0 Å². The molecule has 0 bridgehead atoms. The molecule has 0 radical (unpaired) electrons. The second-order valence-electron chi connectivity index (χ2n) is 5.17. The Hall–Kier alpha value is -1.82. The smallest absolute Gasteiger partial charge is 0.409 e. The lowest BCUT2D eigenvalue weighted by Gasteiger charge is -2.35. The minimum atomic E-state index is -0.301. The molecular weight excluding hydrogens is 273 g/mol. The van der Waals surface area contributed by atoms with Crippen LogP contribution in [0.5, 0.6) is 0 Å². The van der Waals surface area contributed by atoms with Crippen LogP contribution in [0.2, 0.25) is 0 Å². The normalized spacial score (nSPS) is 16.8. The van der Waals surface area contributed by atoms with Crippen LogP contribution in [0.1, 0.15) is 25.5 Å². The van der Waals surface area contributed by atoms with Crippen LogP contribution in [0.4, 0.5) is 14.9 Å². The summed E-state index contributed by atoms with van der Waals surface area (Å²) in [5.41, 5.74) is 7.09. The van der Waals surface area contributed by atoms with Crippen molar-refractivity contribution in [2.45, 2.75) is 19.9 Å². The van der Waals surface area contributed by atoms with E-state index in [0.29, 0.717) is 38.5 Å². The summed E-state index contributed by atoms with van der Waals surface area (Å²) in [6.45, 7) is 6.23. The van der Waals surface area contributed by atoms with Crippen molar-refractivity contribution in [2.75, 3.05) is 37.7 Å². The maximum absolute atomic E-state index is 14.2. The van der Waals surface area contributed by atoms with E-state index in [1.807, 2.05) is 17.9 Å². The molecule has 0 unspecified atom stereocenters. The quantitative estimate of drug-likeness (QED) is 0.928. The number of anilines is 1. The minimum absolute atomic E-state index is 0.186. The maximum Gasteiger partial charge on any atom is 0.409 e. The Kier molecular flexibility index (Phi) is 5.01. The van der Waals surface area contributed by atoms with E-state index in [0.717, 1.165) is 5.56 Å². The number of hydrogen-bond donors (Lipinski definition) is 1.